The molecule has 2 heterocycles. The predicted molar refractivity (Wildman–Crippen MR) is 81.4 cm³/mol. The molecule has 4 rings (SSSR count). The molecular formula is C18H19NO2. The molecule has 0 aromatic heterocycles. The van der Waals surface area contributed by atoms with Gasteiger partial charge in [-0.15, -0.1) is 0 Å². The second kappa shape index (κ2) is 5.41. The third-order valence-corrected chi connectivity index (χ3v) is 4.21. The molecule has 0 saturated heterocycles. The molecule has 0 bridgehead atoms. The lowest BCUT2D eigenvalue weighted by Gasteiger charge is -2.32. The largest absolute Gasteiger partial charge is 0.493 e. The molecule has 2 aromatic carbocycles. The normalized spacial score (nSPS) is 17.3. The fourth-order valence-corrected chi connectivity index (χ4v) is 3.17. The van der Waals surface area contributed by atoms with Crippen LogP contribution in [0.4, 0.5) is 0 Å². The van der Waals surface area contributed by atoms with Gasteiger partial charge in [0.05, 0.1) is 6.61 Å². The molecule has 0 unspecified atom stereocenters. The highest BCUT2D eigenvalue weighted by molar-refractivity contribution is 5.50. The van der Waals surface area contributed by atoms with E-state index < -0.39 is 0 Å². The van der Waals surface area contributed by atoms with Gasteiger partial charge in [-0.2, -0.15) is 0 Å². The highest BCUT2D eigenvalue weighted by Crippen LogP contribution is 2.37. The minimum atomic E-state index is 0.654. The van der Waals surface area contributed by atoms with E-state index >= 15 is 0 Å². The van der Waals surface area contributed by atoms with Crippen LogP contribution in [0.5, 0.6) is 11.5 Å². The maximum absolute atomic E-state index is 5.94. The van der Waals surface area contributed by atoms with Crippen LogP contribution in [0.25, 0.3) is 0 Å². The Morgan fingerprint density at radius 1 is 0.905 bits per heavy atom. The Balaban J connectivity index is 1.59. The zero-order chi connectivity index (χ0) is 14.1. The second-order valence-corrected chi connectivity index (χ2v) is 5.72. The minimum Gasteiger partial charge on any atom is -0.493 e. The molecule has 2 aliphatic heterocycles. The summed E-state index contributed by atoms with van der Waals surface area (Å²) < 4.78 is 11.7. The molecule has 0 spiro atoms. The smallest absolute Gasteiger partial charge is 0.142 e. The zero-order valence-electron chi connectivity index (χ0n) is 12.0. The van der Waals surface area contributed by atoms with E-state index in [1.165, 1.54) is 16.7 Å². The third kappa shape index (κ3) is 2.49. The quantitative estimate of drug-likeness (QED) is 0.842. The predicted octanol–water partition coefficient (Wildman–Crippen LogP) is 3.36. The molecule has 108 valence electrons. The van der Waals surface area contributed by atoms with Crippen molar-refractivity contribution in [2.75, 3.05) is 13.3 Å². The molecule has 21 heavy (non-hydrogen) atoms. The van der Waals surface area contributed by atoms with Gasteiger partial charge in [-0.3, -0.25) is 4.90 Å². The second-order valence-electron chi connectivity index (χ2n) is 5.72. The van der Waals surface area contributed by atoms with Crippen LogP contribution >= 0.6 is 0 Å². The van der Waals surface area contributed by atoms with Crippen molar-refractivity contribution in [2.24, 2.45) is 0 Å². The Labute approximate surface area is 125 Å². The summed E-state index contributed by atoms with van der Waals surface area (Å²) in [6, 6.07) is 14.7. The van der Waals surface area contributed by atoms with Crippen LogP contribution in [0, 0.1) is 0 Å². The van der Waals surface area contributed by atoms with E-state index in [1.807, 2.05) is 0 Å². The van der Waals surface area contributed by atoms with E-state index in [0.717, 1.165) is 44.0 Å². The molecule has 0 amide bonds. The molecule has 3 nitrogen and oxygen atoms in total. The molecule has 0 aliphatic carbocycles. The van der Waals surface area contributed by atoms with Crippen molar-refractivity contribution in [1.29, 1.82) is 0 Å². The summed E-state index contributed by atoms with van der Waals surface area (Å²) in [5.41, 5.74) is 3.98. The fourth-order valence-electron chi connectivity index (χ4n) is 3.17. The van der Waals surface area contributed by atoms with Crippen LogP contribution in [0.2, 0.25) is 0 Å². The van der Waals surface area contributed by atoms with E-state index in [0.29, 0.717) is 6.73 Å². The molecular weight excluding hydrogens is 262 g/mol. The number of nitrogens with zero attached hydrogens (tertiary/aromatic N) is 1. The monoisotopic (exact) mass is 281 g/mol. The summed E-state index contributed by atoms with van der Waals surface area (Å²) in [6.07, 6.45) is 2.20. The van der Waals surface area contributed by atoms with E-state index in [2.05, 4.69) is 47.4 Å². The standard InChI is InChI=1S/C18H19NO2/c1-2-5-14(6-3-1)11-19-12-16-15-7-4-10-20-17(15)8-9-18(16)21-13-19/h1-3,5-6,8-9H,4,7,10-13H2. The number of fused-ring (bicyclic) bond motifs is 3. The Morgan fingerprint density at radius 3 is 2.57 bits per heavy atom. The average molecular weight is 281 g/mol. The molecule has 2 aromatic rings. The van der Waals surface area contributed by atoms with Gasteiger partial charge in [-0.25, -0.2) is 0 Å². The summed E-state index contributed by atoms with van der Waals surface area (Å²) in [5, 5.41) is 0. The van der Waals surface area contributed by atoms with Gasteiger partial charge >= 0.3 is 0 Å². The summed E-state index contributed by atoms with van der Waals surface area (Å²) in [4.78, 5) is 2.34. The molecule has 2 aliphatic rings. The van der Waals surface area contributed by atoms with Gasteiger partial charge in [0, 0.05) is 24.2 Å². The Hall–Kier alpha value is -2.00. The summed E-state index contributed by atoms with van der Waals surface area (Å²) in [5.74, 6) is 2.08. The fraction of sp³-hybridized carbons (Fsp3) is 0.333. The lowest BCUT2D eigenvalue weighted by molar-refractivity contribution is 0.0873. The van der Waals surface area contributed by atoms with Gasteiger partial charge in [0.25, 0.3) is 0 Å². The van der Waals surface area contributed by atoms with Gasteiger partial charge in [0.15, 0.2) is 0 Å². The number of benzene rings is 2. The SMILES string of the molecule is c1ccc(CN2COc3ccc4c(c3C2)CCCO4)cc1. The van der Waals surface area contributed by atoms with E-state index in [4.69, 9.17) is 9.47 Å². The van der Waals surface area contributed by atoms with Gasteiger partial charge in [-0.05, 0) is 30.5 Å². The first-order valence-electron chi connectivity index (χ1n) is 7.57. The number of ether oxygens (including phenoxy) is 2. The van der Waals surface area contributed by atoms with Crippen LogP contribution in [0.3, 0.4) is 0 Å². The van der Waals surface area contributed by atoms with Crippen LogP contribution in [0.15, 0.2) is 42.5 Å². The Bertz CT molecular complexity index is 639. The summed E-state index contributed by atoms with van der Waals surface area (Å²) in [6.45, 7) is 3.35. The minimum absolute atomic E-state index is 0.654. The van der Waals surface area contributed by atoms with Crippen LogP contribution in [-0.2, 0) is 19.5 Å². The van der Waals surface area contributed by atoms with Crippen LogP contribution in [0.1, 0.15) is 23.1 Å². The third-order valence-electron chi connectivity index (χ3n) is 4.21. The Morgan fingerprint density at radius 2 is 1.71 bits per heavy atom. The summed E-state index contributed by atoms with van der Waals surface area (Å²) >= 11 is 0. The highest BCUT2D eigenvalue weighted by Gasteiger charge is 2.24. The van der Waals surface area contributed by atoms with Gasteiger partial charge in [0.2, 0.25) is 0 Å². The molecule has 0 atom stereocenters. The van der Waals surface area contributed by atoms with E-state index in [-0.39, 0.29) is 0 Å². The topological polar surface area (TPSA) is 21.7 Å². The van der Waals surface area contributed by atoms with Crippen molar-refractivity contribution >= 4 is 0 Å². The average Bonchev–Trinajstić information content (AvgIpc) is 2.56. The number of hydrogen-bond donors (Lipinski definition) is 0. The van der Waals surface area contributed by atoms with Crippen LogP contribution < -0.4 is 9.47 Å². The van der Waals surface area contributed by atoms with Crippen molar-refractivity contribution in [3.05, 3.63) is 59.2 Å². The van der Waals surface area contributed by atoms with Crippen molar-refractivity contribution in [3.63, 3.8) is 0 Å². The summed E-state index contributed by atoms with van der Waals surface area (Å²) in [7, 11) is 0. The molecule has 0 N–H and O–H groups in total. The van der Waals surface area contributed by atoms with Crippen molar-refractivity contribution in [2.45, 2.75) is 25.9 Å². The Kier molecular flexibility index (Phi) is 3.28. The first-order chi connectivity index (χ1) is 10.4. The maximum atomic E-state index is 5.94. The number of hydrogen-bond acceptors (Lipinski definition) is 3. The highest BCUT2D eigenvalue weighted by atomic mass is 16.5. The maximum Gasteiger partial charge on any atom is 0.142 e. The first kappa shape index (κ1) is 12.7. The van der Waals surface area contributed by atoms with Crippen molar-refractivity contribution in [3.8, 4) is 11.5 Å². The lowest BCUT2D eigenvalue weighted by Crippen LogP contribution is -2.32. The van der Waals surface area contributed by atoms with Crippen molar-refractivity contribution < 1.29 is 9.47 Å². The van der Waals surface area contributed by atoms with E-state index in [9.17, 15) is 0 Å². The van der Waals surface area contributed by atoms with Gasteiger partial charge < -0.3 is 9.47 Å². The molecule has 0 saturated carbocycles. The number of rotatable bonds is 2. The molecule has 0 fully saturated rings. The van der Waals surface area contributed by atoms with E-state index in [1.54, 1.807) is 0 Å². The first-order valence-corrected chi connectivity index (χ1v) is 7.57. The van der Waals surface area contributed by atoms with Gasteiger partial charge in [-0.1, -0.05) is 30.3 Å². The zero-order valence-corrected chi connectivity index (χ0v) is 12.0. The lowest BCUT2D eigenvalue weighted by atomic mass is 9.98. The van der Waals surface area contributed by atoms with Gasteiger partial charge in [0.1, 0.15) is 18.2 Å². The molecule has 0 radical (unpaired) electrons. The van der Waals surface area contributed by atoms with Crippen LogP contribution in [-0.4, -0.2) is 18.2 Å². The van der Waals surface area contributed by atoms with Crippen molar-refractivity contribution in [1.82, 2.24) is 4.90 Å². The molecule has 3 heteroatoms.